The van der Waals surface area contributed by atoms with Gasteiger partial charge in [-0.1, -0.05) is 5.21 Å². The largest absolute Gasteiger partial charge is 0.262 e. The van der Waals surface area contributed by atoms with Crippen LogP contribution in [0.1, 0.15) is 11.3 Å². The Morgan fingerprint density at radius 1 is 1.29 bits per heavy atom. The lowest BCUT2D eigenvalue weighted by Gasteiger charge is -2.06. The molecule has 24 heavy (non-hydrogen) atoms. The van der Waals surface area contributed by atoms with Crippen molar-refractivity contribution in [3.05, 3.63) is 66.0 Å². The van der Waals surface area contributed by atoms with Crippen molar-refractivity contribution < 1.29 is 12.8 Å². The Bertz CT molecular complexity index is 957. The van der Waals surface area contributed by atoms with E-state index in [0.717, 1.165) is 6.07 Å². The number of aromatic nitrogens is 4. The number of aryl methyl sites for hydroxylation is 1. The smallest absolute Gasteiger partial charge is 0.240 e. The molecule has 0 fully saturated rings. The SMILES string of the molecule is Cc1cc(S(=O)(=O)NCc2cn(-c3cccnc3)nn2)ccc1F. The molecule has 0 amide bonds. The summed E-state index contributed by atoms with van der Waals surface area (Å²) in [6.45, 7) is 1.48. The van der Waals surface area contributed by atoms with Gasteiger partial charge in [-0.25, -0.2) is 22.2 Å². The maximum Gasteiger partial charge on any atom is 0.240 e. The van der Waals surface area contributed by atoms with E-state index in [0.29, 0.717) is 11.4 Å². The van der Waals surface area contributed by atoms with E-state index in [4.69, 9.17) is 0 Å². The van der Waals surface area contributed by atoms with Crippen LogP contribution in [-0.4, -0.2) is 28.4 Å². The zero-order chi connectivity index (χ0) is 17.2. The molecule has 0 bridgehead atoms. The van der Waals surface area contributed by atoms with Crippen molar-refractivity contribution in [3.63, 3.8) is 0 Å². The van der Waals surface area contributed by atoms with Crippen LogP contribution in [0.25, 0.3) is 5.69 Å². The highest BCUT2D eigenvalue weighted by molar-refractivity contribution is 7.89. The normalized spacial score (nSPS) is 11.6. The minimum atomic E-state index is -3.76. The van der Waals surface area contributed by atoms with E-state index in [1.165, 1.54) is 23.7 Å². The Kier molecular flexibility index (Phi) is 4.36. The van der Waals surface area contributed by atoms with Crippen LogP contribution in [0.3, 0.4) is 0 Å². The lowest BCUT2D eigenvalue weighted by Crippen LogP contribution is -2.23. The van der Waals surface area contributed by atoms with Crippen molar-refractivity contribution in [3.8, 4) is 5.69 Å². The van der Waals surface area contributed by atoms with Gasteiger partial charge in [0.15, 0.2) is 0 Å². The number of rotatable bonds is 5. The van der Waals surface area contributed by atoms with Crippen LogP contribution < -0.4 is 4.72 Å². The molecule has 1 aromatic carbocycles. The van der Waals surface area contributed by atoms with Crippen LogP contribution >= 0.6 is 0 Å². The Labute approximate surface area is 138 Å². The van der Waals surface area contributed by atoms with Gasteiger partial charge in [0.1, 0.15) is 5.82 Å². The van der Waals surface area contributed by atoms with Gasteiger partial charge in [-0.3, -0.25) is 4.98 Å². The molecular weight excluding hydrogens is 333 g/mol. The predicted octanol–water partition coefficient (Wildman–Crippen LogP) is 1.59. The minimum Gasteiger partial charge on any atom is -0.262 e. The third-order valence-corrected chi connectivity index (χ3v) is 4.73. The van der Waals surface area contributed by atoms with Gasteiger partial charge < -0.3 is 0 Å². The Morgan fingerprint density at radius 2 is 2.12 bits per heavy atom. The summed E-state index contributed by atoms with van der Waals surface area (Å²) in [6, 6.07) is 7.19. The van der Waals surface area contributed by atoms with E-state index >= 15 is 0 Å². The molecule has 9 heteroatoms. The zero-order valence-corrected chi connectivity index (χ0v) is 13.5. The zero-order valence-electron chi connectivity index (χ0n) is 12.7. The van der Waals surface area contributed by atoms with Crippen LogP contribution in [-0.2, 0) is 16.6 Å². The summed E-state index contributed by atoms with van der Waals surface area (Å²) in [5.74, 6) is -0.451. The number of nitrogens with one attached hydrogen (secondary N) is 1. The lowest BCUT2D eigenvalue weighted by atomic mass is 10.2. The van der Waals surface area contributed by atoms with Gasteiger partial charge in [0.05, 0.1) is 35.2 Å². The van der Waals surface area contributed by atoms with Crippen LogP contribution in [0.15, 0.2) is 53.8 Å². The second-order valence-corrected chi connectivity index (χ2v) is 6.87. The van der Waals surface area contributed by atoms with Crippen molar-refractivity contribution in [2.45, 2.75) is 18.4 Å². The number of hydrogen-bond donors (Lipinski definition) is 1. The number of pyridine rings is 1. The minimum absolute atomic E-state index is 0.000973. The molecule has 2 aromatic heterocycles. The van der Waals surface area contributed by atoms with Crippen LogP contribution in [0, 0.1) is 12.7 Å². The monoisotopic (exact) mass is 347 g/mol. The molecule has 0 aliphatic heterocycles. The number of nitrogens with zero attached hydrogens (tertiary/aromatic N) is 4. The van der Waals surface area contributed by atoms with Gasteiger partial charge in [0.25, 0.3) is 0 Å². The van der Waals surface area contributed by atoms with Crippen molar-refractivity contribution in [2.75, 3.05) is 0 Å². The van der Waals surface area contributed by atoms with Crippen molar-refractivity contribution in [1.29, 1.82) is 0 Å². The second kappa shape index (κ2) is 6.46. The third kappa shape index (κ3) is 3.47. The average Bonchev–Trinajstić information content (AvgIpc) is 3.05. The first kappa shape index (κ1) is 16.2. The number of benzene rings is 1. The fourth-order valence-corrected chi connectivity index (χ4v) is 3.12. The first-order valence-corrected chi connectivity index (χ1v) is 8.51. The molecule has 7 nitrogen and oxygen atoms in total. The van der Waals surface area contributed by atoms with E-state index < -0.39 is 15.8 Å². The molecule has 1 N–H and O–H groups in total. The van der Waals surface area contributed by atoms with E-state index in [1.54, 1.807) is 30.7 Å². The molecule has 0 saturated carbocycles. The molecule has 0 saturated heterocycles. The summed E-state index contributed by atoms with van der Waals surface area (Å²) in [5, 5.41) is 7.85. The molecule has 3 aromatic rings. The van der Waals surface area contributed by atoms with Crippen LogP contribution in [0.5, 0.6) is 0 Å². The van der Waals surface area contributed by atoms with E-state index in [1.807, 2.05) is 0 Å². The molecule has 0 aliphatic carbocycles. The van der Waals surface area contributed by atoms with E-state index in [-0.39, 0.29) is 17.0 Å². The van der Waals surface area contributed by atoms with Gasteiger partial charge in [0, 0.05) is 6.20 Å². The molecule has 0 atom stereocenters. The fraction of sp³-hybridized carbons (Fsp3) is 0.133. The maximum atomic E-state index is 13.3. The Balaban J connectivity index is 1.73. The molecule has 3 rings (SSSR count). The van der Waals surface area contributed by atoms with E-state index in [9.17, 15) is 12.8 Å². The molecule has 0 radical (unpaired) electrons. The summed E-state index contributed by atoms with van der Waals surface area (Å²) in [6.07, 6.45) is 4.86. The average molecular weight is 347 g/mol. The summed E-state index contributed by atoms with van der Waals surface area (Å²) in [7, 11) is -3.76. The molecule has 0 aliphatic rings. The summed E-state index contributed by atoms with van der Waals surface area (Å²) in [5.41, 5.74) is 1.43. The van der Waals surface area contributed by atoms with Crippen molar-refractivity contribution in [1.82, 2.24) is 24.7 Å². The van der Waals surface area contributed by atoms with Crippen molar-refractivity contribution >= 4 is 10.0 Å². The van der Waals surface area contributed by atoms with Gasteiger partial charge in [-0.2, -0.15) is 0 Å². The fourth-order valence-electron chi connectivity index (χ4n) is 2.03. The van der Waals surface area contributed by atoms with E-state index in [2.05, 4.69) is 20.0 Å². The molecule has 124 valence electrons. The highest BCUT2D eigenvalue weighted by Crippen LogP contribution is 2.14. The summed E-state index contributed by atoms with van der Waals surface area (Å²) < 4.78 is 41.7. The number of halogens is 1. The topological polar surface area (TPSA) is 89.8 Å². The van der Waals surface area contributed by atoms with Gasteiger partial charge in [-0.05, 0) is 42.8 Å². The lowest BCUT2D eigenvalue weighted by molar-refractivity contribution is 0.579. The van der Waals surface area contributed by atoms with Crippen molar-refractivity contribution in [2.24, 2.45) is 0 Å². The molecule has 0 unspecified atom stereocenters. The highest BCUT2D eigenvalue weighted by atomic mass is 32.2. The van der Waals surface area contributed by atoms with Gasteiger partial charge in [0.2, 0.25) is 10.0 Å². The Hall–Kier alpha value is -2.65. The predicted molar refractivity (Wildman–Crippen MR) is 84.3 cm³/mol. The molecular formula is C15H14FN5O2S. The van der Waals surface area contributed by atoms with Gasteiger partial charge >= 0.3 is 0 Å². The van der Waals surface area contributed by atoms with Gasteiger partial charge in [-0.15, -0.1) is 5.10 Å². The highest BCUT2D eigenvalue weighted by Gasteiger charge is 2.16. The third-order valence-electron chi connectivity index (χ3n) is 3.33. The van der Waals surface area contributed by atoms with Crippen LogP contribution in [0.2, 0.25) is 0 Å². The molecule has 0 spiro atoms. The number of sulfonamides is 1. The summed E-state index contributed by atoms with van der Waals surface area (Å²) >= 11 is 0. The Morgan fingerprint density at radius 3 is 2.83 bits per heavy atom. The first-order chi connectivity index (χ1) is 11.5. The maximum absolute atomic E-state index is 13.3. The van der Waals surface area contributed by atoms with Crippen LogP contribution in [0.4, 0.5) is 4.39 Å². The first-order valence-electron chi connectivity index (χ1n) is 7.03. The standard InChI is InChI=1S/C15H14FN5O2S/c1-11-7-14(4-5-15(11)16)24(22,23)18-8-12-10-21(20-19-12)13-3-2-6-17-9-13/h2-7,9-10,18H,8H2,1H3. The number of hydrogen-bond acceptors (Lipinski definition) is 5. The molecule has 2 heterocycles. The second-order valence-electron chi connectivity index (χ2n) is 5.10. The quantitative estimate of drug-likeness (QED) is 0.757. The summed E-state index contributed by atoms with van der Waals surface area (Å²) in [4.78, 5) is 3.98.